The van der Waals surface area contributed by atoms with Crippen LogP contribution in [0.4, 0.5) is 0 Å². The summed E-state index contributed by atoms with van der Waals surface area (Å²) in [5.74, 6) is 1.42. The maximum absolute atomic E-state index is 10.9. The van der Waals surface area contributed by atoms with Crippen LogP contribution in [-0.2, 0) is 10.7 Å². The zero-order valence-corrected chi connectivity index (χ0v) is 13.0. The Hall–Kier alpha value is -2.13. The minimum Gasteiger partial charge on any atom is -0.490 e. The van der Waals surface area contributed by atoms with Gasteiger partial charge in [-0.3, -0.25) is 0 Å². The van der Waals surface area contributed by atoms with Crippen molar-refractivity contribution in [2.24, 2.45) is 0 Å². The van der Waals surface area contributed by atoms with Crippen LogP contribution in [0.15, 0.2) is 28.7 Å². The van der Waals surface area contributed by atoms with E-state index in [1.54, 1.807) is 6.20 Å². The van der Waals surface area contributed by atoms with Crippen molar-refractivity contribution in [2.45, 2.75) is 10.8 Å². The molecule has 1 aromatic carbocycles. The smallest absolute Gasteiger partial charge is 0.229 e. The normalized spacial score (nSPS) is 14.4. The molecule has 0 saturated carbocycles. The molecule has 114 valence electrons. The van der Waals surface area contributed by atoms with E-state index in [0.29, 0.717) is 29.6 Å². The molecule has 7 nitrogen and oxygen atoms in total. The number of hydrogen-bond donors (Lipinski definition) is 1. The largest absolute Gasteiger partial charge is 0.490 e. The van der Waals surface area contributed by atoms with Crippen LogP contribution in [0.1, 0.15) is 6.42 Å². The monoisotopic (exact) mass is 337 g/mol. The number of hydrogen-bond acceptors (Lipinski definition) is 7. The van der Waals surface area contributed by atoms with Crippen LogP contribution in [0, 0.1) is 0 Å². The second kappa shape index (κ2) is 5.25. The van der Waals surface area contributed by atoms with Gasteiger partial charge in [-0.25, -0.2) is 17.9 Å². The molecule has 0 aliphatic carbocycles. The van der Waals surface area contributed by atoms with Gasteiger partial charge in [0.2, 0.25) is 9.30 Å². The Morgan fingerprint density at radius 2 is 2.00 bits per heavy atom. The fraction of sp³-hybridized carbons (Fsp3) is 0.231. The predicted octanol–water partition coefficient (Wildman–Crippen LogP) is 1.59. The molecule has 22 heavy (non-hydrogen) atoms. The van der Waals surface area contributed by atoms with Gasteiger partial charge in [0.25, 0.3) is 0 Å². The van der Waals surface area contributed by atoms with Crippen molar-refractivity contribution in [1.82, 2.24) is 14.6 Å². The van der Waals surface area contributed by atoms with Crippen molar-refractivity contribution in [1.29, 1.82) is 0 Å². The fourth-order valence-corrected chi connectivity index (χ4v) is 3.56. The third-order valence-corrected chi connectivity index (χ3v) is 5.08. The molecular weight excluding hydrogens is 326 g/mol. The Labute approximate surface area is 131 Å². The molecule has 2 aromatic heterocycles. The van der Waals surface area contributed by atoms with Gasteiger partial charge in [0.15, 0.2) is 22.2 Å². The minimum atomic E-state index is -2.68. The Kier molecular flexibility index (Phi) is 3.23. The van der Waals surface area contributed by atoms with Gasteiger partial charge in [-0.1, -0.05) is 11.3 Å². The summed E-state index contributed by atoms with van der Waals surface area (Å²) in [6.07, 6.45) is 2.55. The first-order valence-electron chi connectivity index (χ1n) is 6.61. The van der Waals surface area contributed by atoms with Crippen LogP contribution in [0.2, 0.25) is 0 Å². The number of benzene rings is 1. The van der Waals surface area contributed by atoms with Gasteiger partial charge >= 0.3 is 0 Å². The second-order valence-corrected chi connectivity index (χ2v) is 6.90. The number of thiol groups is 1. The molecule has 0 N–H and O–H groups in total. The van der Waals surface area contributed by atoms with Crippen LogP contribution >= 0.6 is 11.3 Å². The maximum atomic E-state index is 10.9. The molecule has 0 saturated heterocycles. The van der Waals surface area contributed by atoms with Gasteiger partial charge in [0.05, 0.1) is 25.1 Å². The first-order chi connectivity index (χ1) is 10.7. The van der Waals surface area contributed by atoms with E-state index in [9.17, 15) is 8.42 Å². The highest BCUT2D eigenvalue weighted by Gasteiger charge is 2.15. The molecule has 0 radical (unpaired) electrons. The highest BCUT2D eigenvalue weighted by molar-refractivity contribution is 7.75. The lowest BCUT2D eigenvalue weighted by molar-refractivity contribution is 0.297. The van der Waals surface area contributed by atoms with E-state index in [1.807, 2.05) is 18.2 Å². The molecule has 0 unspecified atom stereocenters. The summed E-state index contributed by atoms with van der Waals surface area (Å²) in [5.41, 5.74) is 1.58. The van der Waals surface area contributed by atoms with Crippen molar-refractivity contribution >= 4 is 27.0 Å². The molecule has 0 spiro atoms. The number of fused-ring (bicyclic) bond motifs is 2. The van der Waals surface area contributed by atoms with Gasteiger partial charge < -0.3 is 9.47 Å². The number of ether oxygens (including phenoxy) is 2. The van der Waals surface area contributed by atoms with Gasteiger partial charge in [-0.15, -0.1) is 5.10 Å². The van der Waals surface area contributed by atoms with Crippen molar-refractivity contribution < 1.29 is 17.9 Å². The SMILES string of the molecule is O=[SH](=O)c1nn2cc(-c3ccc4c(c3)OCCCO4)nc2s1. The third kappa shape index (κ3) is 2.32. The topological polar surface area (TPSA) is 82.8 Å². The lowest BCUT2D eigenvalue weighted by Crippen LogP contribution is -1.97. The van der Waals surface area contributed by atoms with Crippen LogP contribution in [0.3, 0.4) is 0 Å². The van der Waals surface area contributed by atoms with Crippen molar-refractivity contribution in [3.8, 4) is 22.8 Å². The second-order valence-electron chi connectivity index (χ2n) is 4.71. The Morgan fingerprint density at radius 3 is 2.77 bits per heavy atom. The third-order valence-electron chi connectivity index (χ3n) is 3.23. The highest BCUT2D eigenvalue weighted by atomic mass is 32.2. The van der Waals surface area contributed by atoms with E-state index in [0.717, 1.165) is 29.1 Å². The molecule has 0 amide bonds. The number of rotatable bonds is 2. The van der Waals surface area contributed by atoms with E-state index in [4.69, 9.17) is 9.47 Å². The molecule has 0 bridgehead atoms. The molecule has 0 fully saturated rings. The van der Waals surface area contributed by atoms with Crippen LogP contribution < -0.4 is 9.47 Å². The summed E-state index contributed by atoms with van der Waals surface area (Å²) in [7, 11) is -2.68. The summed E-state index contributed by atoms with van der Waals surface area (Å²) in [4.78, 5) is 4.95. The molecule has 4 rings (SSSR count). The summed E-state index contributed by atoms with van der Waals surface area (Å²) in [6, 6.07) is 5.63. The van der Waals surface area contributed by atoms with Crippen LogP contribution in [0.25, 0.3) is 16.2 Å². The Bertz CT molecular complexity index is 889. The maximum Gasteiger partial charge on any atom is 0.229 e. The van der Waals surface area contributed by atoms with Crippen LogP contribution in [0.5, 0.6) is 11.5 Å². The van der Waals surface area contributed by atoms with Crippen molar-refractivity contribution in [3.63, 3.8) is 0 Å². The first kappa shape index (κ1) is 13.5. The summed E-state index contributed by atoms with van der Waals surface area (Å²) in [5, 5.41) is 3.98. The molecule has 9 heteroatoms. The first-order valence-corrected chi connectivity index (χ1v) is 8.61. The van der Waals surface area contributed by atoms with E-state index in [1.165, 1.54) is 4.52 Å². The number of aromatic nitrogens is 3. The lowest BCUT2D eigenvalue weighted by atomic mass is 10.1. The standard InChI is InChI=1S/C13H11N3O4S2/c17-22(18)13-15-16-7-9(14-12(16)21-13)8-2-3-10-11(6-8)20-5-1-4-19-10/h2-3,6-7,22H,1,4-5H2. The van der Waals surface area contributed by atoms with Gasteiger partial charge in [0, 0.05) is 12.0 Å². The van der Waals surface area contributed by atoms with E-state index < -0.39 is 10.7 Å². The zero-order valence-electron chi connectivity index (χ0n) is 11.3. The fourth-order valence-electron chi connectivity index (χ4n) is 2.23. The predicted molar refractivity (Wildman–Crippen MR) is 80.5 cm³/mol. The van der Waals surface area contributed by atoms with Crippen molar-refractivity contribution in [3.05, 3.63) is 24.4 Å². The Balaban J connectivity index is 1.75. The van der Waals surface area contributed by atoms with E-state index in [-0.39, 0.29) is 4.34 Å². The quantitative estimate of drug-likeness (QED) is 0.715. The number of imidazole rings is 1. The highest BCUT2D eigenvalue weighted by Crippen LogP contribution is 2.34. The summed E-state index contributed by atoms with van der Waals surface area (Å²) in [6.45, 7) is 1.27. The zero-order chi connectivity index (χ0) is 15.1. The number of nitrogens with zero attached hydrogens (tertiary/aromatic N) is 3. The van der Waals surface area contributed by atoms with E-state index in [2.05, 4.69) is 10.1 Å². The average molecular weight is 337 g/mol. The van der Waals surface area contributed by atoms with E-state index >= 15 is 0 Å². The minimum absolute atomic E-state index is 0.0581. The van der Waals surface area contributed by atoms with Gasteiger partial charge in [-0.05, 0) is 18.2 Å². The molecule has 0 atom stereocenters. The summed E-state index contributed by atoms with van der Waals surface area (Å²) >= 11 is 1.04. The lowest BCUT2D eigenvalue weighted by Gasteiger charge is -2.07. The molecule has 1 aliphatic heterocycles. The molecule has 1 aliphatic rings. The molecular formula is C13H11N3O4S2. The van der Waals surface area contributed by atoms with Crippen LogP contribution in [-0.4, -0.2) is 36.2 Å². The van der Waals surface area contributed by atoms with Gasteiger partial charge in [0.1, 0.15) is 0 Å². The molecule has 3 heterocycles. The molecule has 3 aromatic rings. The average Bonchev–Trinajstić information content (AvgIpc) is 2.98. The summed E-state index contributed by atoms with van der Waals surface area (Å²) < 4.78 is 34.7. The van der Waals surface area contributed by atoms with Gasteiger partial charge in [-0.2, -0.15) is 0 Å². The Morgan fingerprint density at radius 1 is 1.18 bits per heavy atom. The van der Waals surface area contributed by atoms with Crippen molar-refractivity contribution in [2.75, 3.05) is 13.2 Å².